The van der Waals surface area contributed by atoms with Crippen LogP contribution in [0.3, 0.4) is 0 Å². The van der Waals surface area contributed by atoms with Crippen LogP contribution in [0.15, 0.2) is 40.9 Å². The number of nitrogen functional groups attached to an aromatic ring is 1. The molecule has 0 fully saturated rings. The fourth-order valence-corrected chi connectivity index (χ4v) is 2.63. The van der Waals surface area contributed by atoms with Crippen LogP contribution >= 0.6 is 15.9 Å². The van der Waals surface area contributed by atoms with E-state index in [9.17, 15) is 0 Å². The number of fused-ring (bicyclic) bond motifs is 1. The van der Waals surface area contributed by atoms with Crippen molar-refractivity contribution >= 4 is 32.7 Å². The smallest absolute Gasteiger partial charge is 0.142 e. The van der Waals surface area contributed by atoms with Crippen molar-refractivity contribution in [2.75, 3.05) is 12.8 Å². The quantitative estimate of drug-likeness (QED) is 0.730. The zero-order valence-corrected chi connectivity index (χ0v) is 12.8. The molecule has 1 heterocycles. The standard InChI is InChI=1S/C15H14BrN3O/c1-19-14-6-4-10(20-2)8-13(14)18-15(19)11-7-9(16)3-5-12(11)17/h3-8H,17H2,1-2H3. The van der Waals surface area contributed by atoms with Gasteiger partial charge in [-0.1, -0.05) is 15.9 Å². The topological polar surface area (TPSA) is 53.1 Å². The third-order valence-electron chi connectivity index (χ3n) is 3.34. The van der Waals surface area contributed by atoms with Crippen LogP contribution in [0.4, 0.5) is 5.69 Å². The molecule has 2 aromatic carbocycles. The fourth-order valence-electron chi connectivity index (χ4n) is 2.27. The number of rotatable bonds is 2. The van der Waals surface area contributed by atoms with Crippen LogP contribution < -0.4 is 10.5 Å². The Kier molecular flexibility index (Phi) is 3.14. The molecule has 0 radical (unpaired) electrons. The molecule has 102 valence electrons. The fraction of sp³-hybridized carbons (Fsp3) is 0.133. The average molecular weight is 332 g/mol. The third-order valence-corrected chi connectivity index (χ3v) is 3.84. The maximum atomic E-state index is 6.07. The highest BCUT2D eigenvalue weighted by atomic mass is 79.9. The predicted molar refractivity (Wildman–Crippen MR) is 84.8 cm³/mol. The van der Waals surface area contributed by atoms with Crippen LogP contribution in [0, 0.1) is 0 Å². The van der Waals surface area contributed by atoms with E-state index in [0.717, 1.165) is 32.6 Å². The first-order valence-corrected chi connectivity index (χ1v) is 6.95. The molecule has 0 aliphatic heterocycles. The van der Waals surface area contributed by atoms with Gasteiger partial charge in [0.05, 0.1) is 18.1 Å². The summed E-state index contributed by atoms with van der Waals surface area (Å²) in [7, 11) is 3.63. The van der Waals surface area contributed by atoms with Crippen molar-refractivity contribution in [2.45, 2.75) is 0 Å². The summed E-state index contributed by atoms with van der Waals surface area (Å²) in [5, 5.41) is 0. The predicted octanol–water partition coefficient (Wildman–Crippen LogP) is 3.59. The van der Waals surface area contributed by atoms with Crippen LogP contribution in [-0.4, -0.2) is 16.7 Å². The van der Waals surface area contributed by atoms with Crippen LogP contribution in [0.25, 0.3) is 22.4 Å². The number of benzene rings is 2. The maximum Gasteiger partial charge on any atom is 0.142 e. The van der Waals surface area contributed by atoms with Gasteiger partial charge in [0.15, 0.2) is 0 Å². The minimum Gasteiger partial charge on any atom is -0.497 e. The van der Waals surface area contributed by atoms with Crippen LogP contribution in [0.5, 0.6) is 5.75 Å². The number of imidazole rings is 1. The van der Waals surface area contributed by atoms with Gasteiger partial charge in [-0.3, -0.25) is 0 Å². The first-order chi connectivity index (χ1) is 9.60. The summed E-state index contributed by atoms with van der Waals surface area (Å²) in [5.74, 6) is 1.64. The van der Waals surface area contributed by atoms with E-state index in [1.165, 1.54) is 0 Å². The maximum absolute atomic E-state index is 6.07. The van der Waals surface area contributed by atoms with Crippen LogP contribution in [0.2, 0.25) is 0 Å². The van der Waals surface area contributed by atoms with Gasteiger partial charge in [-0.15, -0.1) is 0 Å². The van der Waals surface area contributed by atoms with Crippen molar-refractivity contribution < 1.29 is 4.74 Å². The number of halogens is 1. The first-order valence-electron chi connectivity index (χ1n) is 6.16. The number of hydrogen-bond acceptors (Lipinski definition) is 3. The lowest BCUT2D eigenvalue weighted by atomic mass is 10.2. The molecule has 0 bridgehead atoms. The molecule has 20 heavy (non-hydrogen) atoms. The number of ether oxygens (including phenoxy) is 1. The minimum absolute atomic E-state index is 0.707. The van der Waals surface area contributed by atoms with Gasteiger partial charge in [0, 0.05) is 28.8 Å². The minimum atomic E-state index is 0.707. The van der Waals surface area contributed by atoms with E-state index in [-0.39, 0.29) is 0 Å². The Hall–Kier alpha value is -2.01. The largest absolute Gasteiger partial charge is 0.497 e. The Labute approximate surface area is 125 Å². The van der Waals surface area contributed by atoms with E-state index in [1.807, 2.05) is 48.0 Å². The summed E-state index contributed by atoms with van der Waals surface area (Å²) < 4.78 is 8.25. The Morgan fingerprint density at radius 1 is 1.20 bits per heavy atom. The molecule has 0 aliphatic carbocycles. The molecule has 3 aromatic rings. The second-order valence-corrected chi connectivity index (χ2v) is 5.50. The Bertz CT molecular complexity index is 795. The number of nitrogens with two attached hydrogens (primary N) is 1. The van der Waals surface area contributed by atoms with Gasteiger partial charge in [0.25, 0.3) is 0 Å². The lowest BCUT2D eigenvalue weighted by molar-refractivity contribution is 0.415. The summed E-state index contributed by atoms with van der Waals surface area (Å²) in [4.78, 5) is 4.68. The van der Waals surface area contributed by atoms with Crippen molar-refractivity contribution in [1.82, 2.24) is 9.55 Å². The molecule has 0 unspecified atom stereocenters. The normalized spacial score (nSPS) is 10.9. The van der Waals surface area contributed by atoms with E-state index in [1.54, 1.807) is 7.11 Å². The van der Waals surface area contributed by atoms with E-state index in [0.29, 0.717) is 5.69 Å². The van der Waals surface area contributed by atoms with Gasteiger partial charge in [0.2, 0.25) is 0 Å². The van der Waals surface area contributed by atoms with Gasteiger partial charge < -0.3 is 15.0 Å². The Balaban J connectivity index is 2.26. The summed E-state index contributed by atoms with van der Waals surface area (Å²) in [6.45, 7) is 0. The molecule has 0 saturated carbocycles. The second-order valence-electron chi connectivity index (χ2n) is 4.58. The summed E-state index contributed by atoms with van der Waals surface area (Å²) in [6.07, 6.45) is 0. The van der Waals surface area contributed by atoms with Crippen molar-refractivity contribution in [3.63, 3.8) is 0 Å². The summed E-state index contributed by atoms with van der Waals surface area (Å²) in [5.41, 5.74) is 9.62. The Morgan fingerprint density at radius 2 is 2.00 bits per heavy atom. The third kappa shape index (κ3) is 2.04. The lowest BCUT2D eigenvalue weighted by Crippen LogP contribution is -1.96. The van der Waals surface area contributed by atoms with Crippen LogP contribution in [0.1, 0.15) is 0 Å². The number of aryl methyl sites for hydroxylation is 1. The van der Waals surface area contributed by atoms with E-state index < -0.39 is 0 Å². The van der Waals surface area contributed by atoms with E-state index >= 15 is 0 Å². The van der Waals surface area contributed by atoms with Gasteiger partial charge in [-0.25, -0.2) is 4.98 Å². The van der Waals surface area contributed by atoms with Crippen molar-refractivity contribution in [3.05, 3.63) is 40.9 Å². The number of nitrogens with zero attached hydrogens (tertiary/aromatic N) is 2. The Morgan fingerprint density at radius 3 is 2.75 bits per heavy atom. The number of hydrogen-bond donors (Lipinski definition) is 1. The zero-order chi connectivity index (χ0) is 14.3. The molecule has 2 N–H and O–H groups in total. The number of aromatic nitrogens is 2. The average Bonchev–Trinajstić information content (AvgIpc) is 2.78. The number of methoxy groups -OCH3 is 1. The SMILES string of the molecule is COc1ccc2c(c1)nc(-c1cc(Br)ccc1N)n2C. The molecular formula is C15H14BrN3O. The molecule has 3 rings (SSSR count). The monoisotopic (exact) mass is 331 g/mol. The molecule has 1 aromatic heterocycles. The molecule has 4 nitrogen and oxygen atoms in total. The van der Waals surface area contributed by atoms with Gasteiger partial charge in [0.1, 0.15) is 11.6 Å². The zero-order valence-electron chi connectivity index (χ0n) is 11.2. The van der Waals surface area contributed by atoms with E-state index in [2.05, 4.69) is 20.9 Å². The van der Waals surface area contributed by atoms with E-state index in [4.69, 9.17) is 10.5 Å². The first kappa shape index (κ1) is 13.0. The highest BCUT2D eigenvalue weighted by molar-refractivity contribution is 9.10. The molecule has 0 atom stereocenters. The van der Waals surface area contributed by atoms with Crippen molar-refractivity contribution in [3.8, 4) is 17.1 Å². The summed E-state index contributed by atoms with van der Waals surface area (Å²) in [6, 6.07) is 11.6. The van der Waals surface area contributed by atoms with Crippen LogP contribution in [-0.2, 0) is 7.05 Å². The molecule has 0 aliphatic rings. The van der Waals surface area contributed by atoms with Gasteiger partial charge >= 0.3 is 0 Å². The summed E-state index contributed by atoms with van der Waals surface area (Å²) >= 11 is 3.47. The molecule has 0 spiro atoms. The highest BCUT2D eigenvalue weighted by Gasteiger charge is 2.13. The van der Waals surface area contributed by atoms with Crippen molar-refractivity contribution in [2.24, 2.45) is 7.05 Å². The highest BCUT2D eigenvalue weighted by Crippen LogP contribution is 2.31. The molecule has 0 saturated heterocycles. The van der Waals surface area contributed by atoms with Crippen molar-refractivity contribution in [1.29, 1.82) is 0 Å². The molecule has 5 heteroatoms. The second kappa shape index (κ2) is 4.83. The molecule has 0 amide bonds. The molecular weight excluding hydrogens is 318 g/mol. The van der Waals surface area contributed by atoms with Gasteiger partial charge in [-0.05, 0) is 30.3 Å². The van der Waals surface area contributed by atoms with Gasteiger partial charge in [-0.2, -0.15) is 0 Å². The lowest BCUT2D eigenvalue weighted by Gasteiger charge is -2.06. The number of anilines is 1.